The van der Waals surface area contributed by atoms with Crippen LogP contribution in [0, 0.1) is 24.6 Å². The van der Waals surface area contributed by atoms with Gasteiger partial charge in [-0.2, -0.15) is 0 Å². The second-order valence-corrected chi connectivity index (χ2v) is 5.70. The maximum Gasteiger partial charge on any atom is 0.126 e. The molecule has 18 heavy (non-hydrogen) atoms. The number of anilines is 1. The molecule has 2 unspecified atom stereocenters. The lowest BCUT2D eigenvalue weighted by molar-refractivity contribution is 0.199. The minimum absolute atomic E-state index is 0.241. The summed E-state index contributed by atoms with van der Waals surface area (Å²) in [4.78, 5) is 2.27. The summed E-state index contributed by atoms with van der Waals surface area (Å²) in [5.74, 6) is 1.03. The topological polar surface area (TPSA) is 23.5 Å². The van der Waals surface area contributed by atoms with E-state index in [0.717, 1.165) is 18.8 Å². The Labute approximate surface area is 108 Å². The first-order valence-corrected chi connectivity index (χ1v) is 6.63. The molecular weight excluding hydrogens is 229 g/mol. The van der Waals surface area contributed by atoms with Gasteiger partial charge in [0.2, 0.25) is 0 Å². The Hall–Kier alpha value is -1.09. The maximum absolute atomic E-state index is 13.6. The Morgan fingerprint density at radius 1 is 1.28 bits per heavy atom. The number of benzene rings is 1. The van der Waals surface area contributed by atoms with Gasteiger partial charge in [-0.05, 0) is 43.4 Å². The fourth-order valence-electron chi connectivity index (χ4n) is 2.62. The second kappa shape index (κ2) is 4.88. The summed E-state index contributed by atoms with van der Waals surface area (Å²) in [6.45, 7) is 9.90. The summed E-state index contributed by atoms with van der Waals surface area (Å²) in [6.07, 6.45) is -0.638. The first-order chi connectivity index (χ1) is 8.40. The number of rotatable bonds is 2. The minimum Gasteiger partial charge on any atom is -0.389 e. The number of halogens is 1. The summed E-state index contributed by atoms with van der Waals surface area (Å²) in [7, 11) is 0. The van der Waals surface area contributed by atoms with E-state index in [2.05, 4.69) is 18.7 Å². The third-order valence-electron chi connectivity index (χ3n) is 4.09. The lowest BCUT2D eigenvalue weighted by Crippen LogP contribution is -2.22. The van der Waals surface area contributed by atoms with Crippen molar-refractivity contribution in [2.45, 2.75) is 33.8 Å². The highest BCUT2D eigenvalue weighted by molar-refractivity contribution is 5.57. The van der Waals surface area contributed by atoms with E-state index in [9.17, 15) is 9.50 Å². The molecule has 0 amide bonds. The second-order valence-electron chi connectivity index (χ2n) is 5.70. The molecule has 0 aliphatic carbocycles. The first-order valence-electron chi connectivity index (χ1n) is 6.63. The van der Waals surface area contributed by atoms with E-state index < -0.39 is 6.10 Å². The van der Waals surface area contributed by atoms with Gasteiger partial charge in [-0.25, -0.2) is 4.39 Å². The Kier molecular flexibility index (Phi) is 3.62. The highest BCUT2D eigenvalue weighted by atomic mass is 19.1. The monoisotopic (exact) mass is 251 g/mol. The Balaban J connectivity index is 2.40. The average molecular weight is 251 g/mol. The molecule has 1 aromatic rings. The zero-order valence-electron chi connectivity index (χ0n) is 11.6. The van der Waals surface area contributed by atoms with Crippen LogP contribution < -0.4 is 4.90 Å². The van der Waals surface area contributed by atoms with Gasteiger partial charge >= 0.3 is 0 Å². The molecule has 1 aliphatic rings. The van der Waals surface area contributed by atoms with Gasteiger partial charge in [0.1, 0.15) is 5.82 Å². The van der Waals surface area contributed by atoms with Crippen molar-refractivity contribution in [2.24, 2.45) is 11.8 Å². The van der Waals surface area contributed by atoms with Gasteiger partial charge in [-0.15, -0.1) is 0 Å². The molecule has 3 atom stereocenters. The van der Waals surface area contributed by atoms with Crippen molar-refractivity contribution in [2.75, 3.05) is 18.0 Å². The summed E-state index contributed by atoms with van der Waals surface area (Å²) >= 11 is 0. The smallest absolute Gasteiger partial charge is 0.126 e. The van der Waals surface area contributed by atoms with Gasteiger partial charge in [0.05, 0.1) is 6.10 Å². The van der Waals surface area contributed by atoms with E-state index >= 15 is 0 Å². The predicted molar refractivity (Wildman–Crippen MR) is 72.3 cm³/mol. The van der Waals surface area contributed by atoms with E-state index in [1.807, 2.05) is 6.07 Å². The van der Waals surface area contributed by atoms with Crippen LogP contribution in [0.3, 0.4) is 0 Å². The molecule has 2 nitrogen and oxygen atoms in total. The largest absolute Gasteiger partial charge is 0.389 e. The standard InChI is InChI=1S/C15H22FNO/c1-9-5-15(13(12(4)18)6-14(9)16)17-7-10(2)11(3)8-17/h5-6,10-12,18H,7-8H2,1-4H3/t10?,11?,12-/m1/s1. The van der Waals surface area contributed by atoms with Gasteiger partial charge in [-0.1, -0.05) is 13.8 Å². The fourth-order valence-corrected chi connectivity index (χ4v) is 2.62. The Morgan fingerprint density at radius 2 is 1.83 bits per heavy atom. The number of hydrogen-bond acceptors (Lipinski definition) is 2. The van der Waals surface area contributed by atoms with Crippen molar-refractivity contribution in [3.05, 3.63) is 29.1 Å². The Bertz CT molecular complexity index is 434. The molecule has 0 radical (unpaired) electrons. The number of hydrogen-bond donors (Lipinski definition) is 1. The lowest BCUT2D eigenvalue weighted by Gasteiger charge is -2.24. The number of aliphatic hydroxyl groups excluding tert-OH is 1. The normalized spacial score (nSPS) is 25.6. The van der Waals surface area contributed by atoms with Crippen LogP contribution in [0.1, 0.15) is 38.0 Å². The molecule has 1 fully saturated rings. The quantitative estimate of drug-likeness (QED) is 0.872. The molecule has 100 valence electrons. The van der Waals surface area contributed by atoms with E-state index in [0.29, 0.717) is 23.0 Å². The number of nitrogens with zero attached hydrogens (tertiary/aromatic N) is 1. The molecule has 0 saturated carbocycles. The SMILES string of the molecule is Cc1cc(N2CC(C)C(C)C2)c([C@@H](C)O)cc1F. The highest BCUT2D eigenvalue weighted by Crippen LogP contribution is 2.34. The summed E-state index contributed by atoms with van der Waals surface area (Å²) < 4.78 is 13.6. The summed E-state index contributed by atoms with van der Waals surface area (Å²) in [6, 6.07) is 3.34. The van der Waals surface area contributed by atoms with Crippen LogP contribution in [0.5, 0.6) is 0 Å². The first kappa shape index (κ1) is 13.3. The molecule has 1 aromatic carbocycles. The van der Waals surface area contributed by atoms with Crippen LogP contribution in [0.4, 0.5) is 10.1 Å². The third kappa shape index (κ3) is 2.37. The van der Waals surface area contributed by atoms with Gasteiger partial charge in [0.15, 0.2) is 0 Å². The minimum atomic E-state index is -0.638. The van der Waals surface area contributed by atoms with E-state index in [1.54, 1.807) is 13.8 Å². The molecule has 1 saturated heterocycles. The zero-order chi connectivity index (χ0) is 13.4. The Morgan fingerprint density at radius 3 is 2.33 bits per heavy atom. The molecule has 1 aliphatic heterocycles. The van der Waals surface area contributed by atoms with Crippen molar-refractivity contribution in [3.8, 4) is 0 Å². The van der Waals surface area contributed by atoms with Crippen LogP contribution >= 0.6 is 0 Å². The number of aryl methyl sites for hydroxylation is 1. The molecular formula is C15H22FNO. The van der Waals surface area contributed by atoms with E-state index in [-0.39, 0.29) is 5.82 Å². The molecule has 0 spiro atoms. The maximum atomic E-state index is 13.6. The number of aliphatic hydroxyl groups is 1. The molecule has 0 aromatic heterocycles. The fraction of sp³-hybridized carbons (Fsp3) is 0.600. The zero-order valence-corrected chi connectivity index (χ0v) is 11.6. The molecule has 2 rings (SSSR count). The predicted octanol–water partition coefficient (Wildman–Crippen LogP) is 3.28. The lowest BCUT2D eigenvalue weighted by atomic mass is 10.0. The molecule has 3 heteroatoms. The summed E-state index contributed by atoms with van der Waals surface area (Å²) in [5.41, 5.74) is 2.32. The average Bonchev–Trinajstić information content (AvgIpc) is 2.62. The van der Waals surface area contributed by atoms with Crippen molar-refractivity contribution in [1.82, 2.24) is 0 Å². The van der Waals surface area contributed by atoms with Gasteiger partial charge in [-0.3, -0.25) is 0 Å². The highest BCUT2D eigenvalue weighted by Gasteiger charge is 2.28. The van der Waals surface area contributed by atoms with Crippen molar-refractivity contribution >= 4 is 5.69 Å². The van der Waals surface area contributed by atoms with Crippen LogP contribution in [0.25, 0.3) is 0 Å². The molecule has 0 bridgehead atoms. The van der Waals surface area contributed by atoms with Crippen molar-refractivity contribution in [1.29, 1.82) is 0 Å². The summed E-state index contributed by atoms with van der Waals surface area (Å²) in [5, 5.41) is 9.82. The van der Waals surface area contributed by atoms with E-state index in [4.69, 9.17) is 0 Å². The molecule has 1 heterocycles. The van der Waals surface area contributed by atoms with Crippen LogP contribution in [-0.4, -0.2) is 18.2 Å². The van der Waals surface area contributed by atoms with Crippen LogP contribution in [-0.2, 0) is 0 Å². The van der Waals surface area contributed by atoms with Crippen molar-refractivity contribution in [3.63, 3.8) is 0 Å². The van der Waals surface area contributed by atoms with E-state index in [1.165, 1.54) is 6.07 Å². The van der Waals surface area contributed by atoms with Gasteiger partial charge < -0.3 is 10.0 Å². The van der Waals surface area contributed by atoms with Gasteiger partial charge in [0.25, 0.3) is 0 Å². The molecule has 1 N–H and O–H groups in total. The third-order valence-corrected chi connectivity index (χ3v) is 4.09. The van der Waals surface area contributed by atoms with Crippen LogP contribution in [0.15, 0.2) is 12.1 Å². The van der Waals surface area contributed by atoms with Gasteiger partial charge in [0, 0.05) is 24.3 Å². The van der Waals surface area contributed by atoms with Crippen LogP contribution in [0.2, 0.25) is 0 Å². The van der Waals surface area contributed by atoms with Crippen molar-refractivity contribution < 1.29 is 9.50 Å².